The summed E-state index contributed by atoms with van der Waals surface area (Å²) in [4.78, 5) is 12.0. The van der Waals surface area contributed by atoms with Crippen molar-refractivity contribution in [1.82, 2.24) is 5.32 Å². The SMILES string of the molecule is Cc1ccc(NC(C)C(=O)NCc2ccc(F)cc2)cc1F. The summed E-state index contributed by atoms with van der Waals surface area (Å²) >= 11 is 0. The first-order chi connectivity index (χ1) is 10.5. The fraction of sp³-hybridized carbons (Fsp3) is 0.235. The Hall–Kier alpha value is -2.43. The van der Waals surface area contributed by atoms with E-state index in [0.717, 1.165) is 5.56 Å². The maximum absolute atomic E-state index is 13.5. The Morgan fingerprint density at radius 2 is 1.82 bits per heavy atom. The van der Waals surface area contributed by atoms with Crippen molar-refractivity contribution in [3.8, 4) is 0 Å². The molecule has 0 aliphatic rings. The number of hydrogen-bond donors (Lipinski definition) is 2. The van der Waals surface area contributed by atoms with Gasteiger partial charge in [0.1, 0.15) is 17.7 Å². The van der Waals surface area contributed by atoms with Gasteiger partial charge in [-0.05, 0) is 49.2 Å². The molecule has 5 heteroatoms. The number of aryl methyl sites for hydroxylation is 1. The standard InChI is InChI=1S/C17H18F2N2O/c1-11-3-8-15(9-16(11)19)21-12(2)17(22)20-10-13-4-6-14(18)7-5-13/h3-9,12,21H,10H2,1-2H3,(H,20,22). The molecule has 0 saturated heterocycles. The van der Waals surface area contributed by atoms with E-state index in [-0.39, 0.29) is 17.5 Å². The molecule has 3 nitrogen and oxygen atoms in total. The van der Waals surface area contributed by atoms with Crippen LogP contribution in [0.15, 0.2) is 42.5 Å². The Balaban J connectivity index is 1.88. The average molecular weight is 304 g/mol. The van der Waals surface area contributed by atoms with Crippen LogP contribution < -0.4 is 10.6 Å². The topological polar surface area (TPSA) is 41.1 Å². The molecule has 2 N–H and O–H groups in total. The number of nitrogens with one attached hydrogen (secondary N) is 2. The highest BCUT2D eigenvalue weighted by atomic mass is 19.1. The second-order valence-electron chi connectivity index (χ2n) is 5.17. The largest absolute Gasteiger partial charge is 0.374 e. The van der Waals surface area contributed by atoms with Crippen LogP contribution in [-0.4, -0.2) is 11.9 Å². The number of anilines is 1. The minimum Gasteiger partial charge on any atom is -0.374 e. The van der Waals surface area contributed by atoms with Crippen molar-refractivity contribution in [1.29, 1.82) is 0 Å². The van der Waals surface area contributed by atoms with Crippen LogP contribution in [0.1, 0.15) is 18.1 Å². The number of rotatable bonds is 5. The molecule has 2 aromatic rings. The monoisotopic (exact) mass is 304 g/mol. The third-order valence-electron chi connectivity index (χ3n) is 3.33. The van der Waals surface area contributed by atoms with E-state index in [9.17, 15) is 13.6 Å². The summed E-state index contributed by atoms with van der Waals surface area (Å²) in [7, 11) is 0. The number of hydrogen-bond acceptors (Lipinski definition) is 2. The van der Waals surface area contributed by atoms with Crippen LogP contribution in [0, 0.1) is 18.6 Å². The van der Waals surface area contributed by atoms with Gasteiger partial charge in [-0.25, -0.2) is 8.78 Å². The molecule has 0 spiro atoms. The van der Waals surface area contributed by atoms with E-state index in [1.54, 1.807) is 38.1 Å². The van der Waals surface area contributed by atoms with Crippen molar-refractivity contribution >= 4 is 11.6 Å². The second kappa shape index (κ2) is 7.02. The fourth-order valence-electron chi connectivity index (χ4n) is 1.94. The third-order valence-corrected chi connectivity index (χ3v) is 3.33. The minimum atomic E-state index is -0.512. The van der Waals surface area contributed by atoms with Gasteiger partial charge in [-0.1, -0.05) is 18.2 Å². The predicted octanol–water partition coefficient (Wildman–Crippen LogP) is 3.39. The first kappa shape index (κ1) is 15.9. The molecular weight excluding hydrogens is 286 g/mol. The first-order valence-electron chi connectivity index (χ1n) is 7.00. The quantitative estimate of drug-likeness (QED) is 0.889. The van der Waals surface area contributed by atoms with Crippen LogP contribution in [0.3, 0.4) is 0 Å². The van der Waals surface area contributed by atoms with Crippen molar-refractivity contribution < 1.29 is 13.6 Å². The lowest BCUT2D eigenvalue weighted by Gasteiger charge is -2.15. The van der Waals surface area contributed by atoms with Crippen molar-refractivity contribution in [2.75, 3.05) is 5.32 Å². The van der Waals surface area contributed by atoms with Crippen LogP contribution in [0.25, 0.3) is 0 Å². The summed E-state index contributed by atoms with van der Waals surface area (Å²) in [5, 5.41) is 5.69. The molecule has 0 aliphatic carbocycles. The van der Waals surface area contributed by atoms with E-state index < -0.39 is 6.04 Å². The van der Waals surface area contributed by atoms with E-state index in [1.807, 2.05) is 0 Å². The zero-order valence-corrected chi connectivity index (χ0v) is 12.5. The van der Waals surface area contributed by atoms with Crippen LogP contribution in [0.2, 0.25) is 0 Å². The summed E-state index contributed by atoms with van der Waals surface area (Å²) < 4.78 is 26.3. The molecule has 2 rings (SSSR count). The van der Waals surface area contributed by atoms with Gasteiger partial charge >= 0.3 is 0 Å². The van der Waals surface area contributed by atoms with E-state index in [1.165, 1.54) is 18.2 Å². The first-order valence-corrected chi connectivity index (χ1v) is 7.00. The Bertz CT molecular complexity index is 656. The summed E-state index contributed by atoms with van der Waals surface area (Å²) in [6.07, 6.45) is 0. The van der Waals surface area contributed by atoms with Gasteiger partial charge in [-0.15, -0.1) is 0 Å². The number of halogens is 2. The zero-order chi connectivity index (χ0) is 16.1. The molecule has 22 heavy (non-hydrogen) atoms. The van der Waals surface area contributed by atoms with E-state index in [4.69, 9.17) is 0 Å². The lowest BCUT2D eigenvalue weighted by atomic mass is 10.2. The van der Waals surface area contributed by atoms with Crippen LogP contribution >= 0.6 is 0 Å². The zero-order valence-electron chi connectivity index (χ0n) is 12.5. The second-order valence-corrected chi connectivity index (χ2v) is 5.17. The molecule has 0 aromatic heterocycles. The van der Waals surface area contributed by atoms with Crippen molar-refractivity contribution in [2.45, 2.75) is 26.4 Å². The van der Waals surface area contributed by atoms with Gasteiger partial charge in [0.2, 0.25) is 5.91 Å². The number of amides is 1. The average Bonchev–Trinajstić information content (AvgIpc) is 2.50. The molecule has 1 atom stereocenters. The maximum atomic E-state index is 13.5. The highest BCUT2D eigenvalue weighted by Gasteiger charge is 2.12. The van der Waals surface area contributed by atoms with Crippen LogP contribution in [0.5, 0.6) is 0 Å². The summed E-state index contributed by atoms with van der Waals surface area (Å²) in [6, 6.07) is 10.1. The van der Waals surface area contributed by atoms with E-state index in [2.05, 4.69) is 10.6 Å². The van der Waals surface area contributed by atoms with Crippen molar-refractivity contribution in [2.24, 2.45) is 0 Å². The molecule has 2 aromatic carbocycles. The highest BCUT2D eigenvalue weighted by Crippen LogP contribution is 2.14. The van der Waals surface area contributed by atoms with Gasteiger partial charge in [0.05, 0.1) is 0 Å². The predicted molar refractivity (Wildman–Crippen MR) is 82.5 cm³/mol. The minimum absolute atomic E-state index is 0.217. The molecule has 116 valence electrons. The van der Waals surface area contributed by atoms with Gasteiger partial charge in [-0.3, -0.25) is 4.79 Å². The third kappa shape index (κ3) is 4.28. The fourth-order valence-corrected chi connectivity index (χ4v) is 1.94. The van der Waals surface area contributed by atoms with Gasteiger partial charge < -0.3 is 10.6 Å². The molecule has 1 unspecified atom stereocenters. The number of benzene rings is 2. The van der Waals surface area contributed by atoms with Crippen LogP contribution in [0.4, 0.5) is 14.5 Å². The molecule has 1 amide bonds. The Labute approximate surface area is 128 Å². The molecule has 0 heterocycles. The molecule has 0 aliphatic heterocycles. The Kier molecular flexibility index (Phi) is 5.09. The highest BCUT2D eigenvalue weighted by molar-refractivity contribution is 5.84. The van der Waals surface area contributed by atoms with E-state index >= 15 is 0 Å². The van der Waals surface area contributed by atoms with Gasteiger partial charge in [-0.2, -0.15) is 0 Å². The number of carbonyl (C=O) groups excluding carboxylic acids is 1. The Morgan fingerprint density at radius 3 is 2.45 bits per heavy atom. The van der Waals surface area contributed by atoms with E-state index in [0.29, 0.717) is 17.8 Å². The smallest absolute Gasteiger partial charge is 0.242 e. The molecule has 0 saturated carbocycles. The van der Waals surface area contributed by atoms with Gasteiger partial charge in [0.25, 0.3) is 0 Å². The summed E-state index contributed by atoms with van der Waals surface area (Å²) in [5.74, 6) is -0.847. The number of carbonyl (C=O) groups is 1. The molecule has 0 fully saturated rings. The maximum Gasteiger partial charge on any atom is 0.242 e. The summed E-state index contributed by atoms with van der Waals surface area (Å²) in [5.41, 5.74) is 1.91. The Morgan fingerprint density at radius 1 is 1.14 bits per heavy atom. The van der Waals surface area contributed by atoms with Gasteiger partial charge in [0, 0.05) is 12.2 Å². The van der Waals surface area contributed by atoms with Crippen LogP contribution in [-0.2, 0) is 11.3 Å². The molecular formula is C17H18F2N2O. The lowest BCUT2D eigenvalue weighted by molar-refractivity contribution is -0.121. The molecule has 0 radical (unpaired) electrons. The molecule has 0 bridgehead atoms. The van der Waals surface area contributed by atoms with Gasteiger partial charge in [0.15, 0.2) is 0 Å². The van der Waals surface area contributed by atoms with Crippen molar-refractivity contribution in [3.05, 3.63) is 65.2 Å². The lowest BCUT2D eigenvalue weighted by Crippen LogP contribution is -2.37. The normalized spacial score (nSPS) is 11.8. The van der Waals surface area contributed by atoms with Crippen molar-refractivity contribution in [3.63, 3.8) is 0 Å². The summed E-state index contributed by atoms with van der Waals surface area (Å²) in [6.45, 7) is 3.68.